The number of halogens is 1. The predicted molar refractivity (Wildman–Crippen MR) is 43.5 cm³/mol. The summed E-state index contributed by atoms with van der Waals surface area (Å²) in [6.07, 6.45) is 0. The lowest BCUT2D eigenvalue weighted by molar-refractivity contribution is -0.143. The number of esters is 1. The van der Waals surface area contributed by atoms with Crippen LogP contribution in [0.1, 0.15) is 0 Å². The van der Waals surface area contributed by atoms with E-state index in [-0.39, 0.29) is 6.61 Å². The van der Waals surface area contributed by atoms with Crippen molar-refractivity contribution in [2.24, 2.45) is 5.73 Å². The Morgan fingerprint density at radius 2 is 2.40 bits per heavy atom. The van der Waals surface area contributed by atoms with Crippen LogP contribution in [0.4, 0.5) is 0 Å². The zero-order valence-corrected chi connectivity index (χ0v) is 7.07. The van der Waals surface area contributed by atoms with E-state index in [1.54, 1.807) is 0 Å². The second kappa shape index (κ2) is 5.82. The van der Waals surface area contributed by atoms with E-state index in [1.807, 2.05) is 0 Å². The Bertz CT molecular complexity index is 112. The van der Waals surface area contributed by atoms with Crippen LogP contribution in [0.2, 0.25) is 0 Å². The molecule has 1 unspecified atom stereocenters. The molecule has 0 aromatic carbocycles. The molecule has 0 aromatic rings. The van der Waals surface area contributed by atoms with Gasteiger partial charge in [-0.1, -0.05) is 0 Å². The fourth-order valence-corrected chi connectivity index (χ4v) is 0.547. The van der Waals surface area contributed by atoms with Crippen LogP contribution in [0.15, 0.2) is 0 Å². The van der Waals surface area contributed by atoms with Gasteiger partial charge in [0.15, 0.2) is 0 Å². The first-order valence-electron chi connectivity index (χ1n) is 2.81. The van der Waals surface area contributed by atoms with Crippen LogP contribution in [0.3, 0.4) is 0 Å². The van der Waals surface area contributed by atoms with Crippen molar-refractivity contribution in [3.8, 4) is 0 Å². The van der Waals surface area contributed by atoms with E-state index in [9.17, 15) is 4.79 Å². The van der Waals surface area contributed by atoms with Gasteiger partial charge < -0.3 is 10.5 Å². The number of thiol groups is 1. The monoisotopic (exact) mass is 183 g/mol. The summed E-state index contributed by atoms with van der Waals surface area (Å²) in [5, 5.41) is 0. The first kappa shape index (κ1) is 10.1. The summed E-state index contributed by atoms with van der Waals surface area (Å²) in [5.74, 6) is 0.141. The molecule has 0 aromatic heterocycles. The smallest absolute Gasteiger partial charge is 0.323 e. The average Bonchev–Trinajstić information content (AvgIpc) is 1.98. The minimum Gasteiger partial charge on any atom is -0.463 e. The number of hydrogen-bond donors (Lipinski definition) is 2. The van der Waals surface area contributed by atoms with E-state index in [2.05, 4.69) is 17.4 Å². The lowest BCUT2D eigenvalue weighted by Gasteiger charge is -2.06. The molecule has 0 heterocycles. The summed E-state index contributed by atoms with van der Waals surface area (Å²) in [6, 6.07) is -0.633. The quantitative estimate of drug-likeness (QED) is 0.367. The van der Waals surface area contributed by atoms with E-state index >= 15 is 0 Å². The topological polar surface area (TPSA) is 52.3 Å². The molecule has 60 valence electrons. The Morgan fingerprint density at radius 3 is 2.80 bits per heavy atom. The number of hydrogen-bond acceptors (Lipinski definition) is 4. The van der Waals surface area contributed by atoms with E-state index in [4.69, 9.17) is 17.3 Å². The molecular weight excluding hydrogens is 174 g/mol. The van der Waals surface area contributed by atoms with Gasteiger partial charge in [-0.05, 0) is 0 Å². The first-order chi connectivity index (χ1) is 4.72. The van der Waals surface area contributed by atoms with Crippen molar-refractivity contribution < 1.29 is 9.53 Å². The van der Waals surface area contributed by atoms with Crippen molar-refractivity contribution in [3.63, 3.8) is 0 Å². The summed E-state index contributed by atoms with van der Waals surface area (Å²) >= 11 is 9.07. The molecule has 0 aliphatic carbocycles. The van der Waals surface area contributed by atoms with Gasteiger partial charge in [-0.3, -0.25) is 4.79 Å². The largest absolute Gasteiger partial charge is 0.463 e. The van der Waals surface area contributed by atoms with E-state index < -0.39 is 12.0 Å². The summed E-state index contributed by atoms with van der Waals surface area (Å²) in [7, 11) is 0. The average molecular weight is 184 g/mol. The number of alkyl halides is 1. The molecule has 0 aliphatic heterocycles. The summed E-state index contributed by atoms with van der Waals surface area (Å²) in [6.45, 7) is 0.210. The first-order valence-corrected chi connectivity index (χ1v) is 3.98. The Labute approximate surface area is 70.3 Å². The van der Waals surface area contributed by atoms with Crippen molar-refractivity contribution in [1.82, 2.24) is 0 Å². The number of carbonyl (C=O) groups excluding carboxylic acids is 1. The lowest BCUT2D eigenvalue weighted by Crippen LogP contribution is -2.34. The molecular formula is C5H10ClNO2S. The number of rotatable bonds is 4. The standard InChI is InChI=1S/C5H10ClNO2S/c6-1-2-9-5(8)4(7)3-10/h4,10H,1-3,7H2. The summed E-state index contributed by atoms with van der Waals surface area (Å²) in [5.41, 5.74) is 5.26. The predicted octanol–water partition coefficient (Wildman–Crippen LogP) is 0.0255. The van der Waals surface area contributed by atoms with Crippen LogP contribution >= 0.6 is 24.2 Å². The molecule has 10 heavy (non-hydrogen) atoms. The summed E-state index contributed by atoms with van der Waals surface area (Å²) in [4.78, 5) is 10.7. The molecule has 0 bridgehead atoms. The third-order valence-electron chi connectivity index (χ3n) is 0.821. The van der Waals surface area contributed by atoms with E-state index in [0.29, 0.717) is 11.6 Å². The Balaban J connectivity index is 3.42. The van der Waals surface area contributed by atoms with Crippen LogP contribution in [0.25, 0.3) is 0 Å². The highest BCUT2D eigenvalue weighted by Crippen LogP contribution is 1.88. The van der Waals surface area contributed by atoms with Gasteiger partial charge in [-0.25, -0.2) is 0 Å². The highest BCUT2D eigenvalue weighted by atomic mass is 35.5. The van der Waals surface area contributed by atoms with E-state index in [1.165, 1.54) is 0 Å². The zero-order valence-electron chi connectivity index (χ0n) is 5.42. The van der Waals surface area contributed by atoms with Gasteiger partial charge in [0.1, 0.15) is 12.6 Å². The van der Waals surface area contributed by atoms with Crippen molar-refractivity contribution in [1.29, 1.82) is 0 Å². The van der Waals surface area contributed by atoms with Gasteiger partial charge in [-0.15, -0.1) is 11.6 Å². The third-order valence-corrected chi connectivity index (χ3v) is 1.37. The molecule has 0 radical (unpaired) electrons. The minimum absolute atomic E-state index is 0.210. The molecule has 0 amide bonds. The van der Waals surface area contributed by atoms with Gasteiger partial charge in [-0.2, -0.15) is 12.6 Å². The molecule has 2 N–H and O–H groups in total. The Hall–Kier alpha value is 0.0700. The van der Waals surface area contributed by atoms with Crippen LogP contribution < -0.4 is 5.73 Å². The van der Waals surface area contributed by atoms with Gasteiger partial charge >= 0.3 is 5.97 Å². The van der Waals surface area contributed by atoms with E-state index in [0.717, 1.165) is 0 Å². The van der Waals surface area contributed by atoms with Crippen molar-refractivity contribution >= 4 is 30.2 Å². The molecule has 3 nitrogen and oxygen atoms in total. The Kier molecular flexibility index (Phi) is 5.87. The van der Waals surface area contributed by atoms with Crippen LogP contribution in [0.5, 0.6) is 0 Å². The molecule has 0 rings (SSSR count). The normalized spacial score (nSPS) is 12.7. The molecule has 5 heteroatoms. The maximum absolute atomic E-state index is 10.7. The van der Waals surface area contributed by atoms with Gasteiger partial charge in [0, 0.05) is 5.75 Å². The number of ether oxygens (including phenoxy) is 1. The lowest BCUT2D eigenvalue weighted by atomic mass is 10.4. The fraction of sp³-hybridized carbons (Fsp3) is 0.800. The fourth-order valence-electron chi connectivity index (χ4n) is 0.321. The number of carbonyl (C=O) groups is 1. The molecule has 0 saturated heterocycles. The van der Waals surface area contributed by atoms with Gasteiger partial charge in [0.25, 0.3) is 0 Å². The minimum atomic E-state index is -0.633. The highest BCUT2D eigenvalue weighted by Gasteiger charge is 2.11. The molecule has 0 aliphatic rings. The van der Waals surface area contributed by atoms with Crippen molar-refractivity contribution in [2.45, 2.75) is 6.04 Å². The molecule has 0 fully saturated rings. The molecule has 0 saturated carbocycles. The second-order valence-corrected chi connectivity index (χ2v) is 2.39. The highest BCUT2D eigenvalue weighted by molar-refractivity contribution is 7.80. The summed E-state index contributed by atoms with van der Waals surface area (Å²) < 4.78 is 4.60. The maximum Gasteiger partial charge on any atom is 0.323 e. The zero-order chi connectivity index (χ0) is 7.98. The van der Waals surface area contributed by atoms with Crippen LogP contribution in [0, 0.1) is 0 Å². The molecule has 0 spiro atoms. The number of nitrogens with two attached hydrogens (primary N) is 1. The Morgan fingerprint density at radius 1 is 1.80 bits per heavy atom. The van der Waals surface area contributed by atoms with Crippen molar-refractivity contribution in [3.05, 3.63) is 0 Å². The van der Waals surface area contributed by atoms with Crippen LogP contribution in [-0.2, 0) is 9.53 Å². The van der Waals surface area contributed by atoms with Crippen LogP contribution in [-0.4, -0.2) is 30.3 Å². The molecule has 1 atom stereocenters. The maximum atomic E-state index is 10.7. The third kappa shape index (κ3) is 3.98. The van der Waals surface area contributed by atoms with Crippen molar-refractivity contribution in [2.75, 3.05) is 18.2 Å². The SMILES string of the molecule is NC(CS)C(=O)OCCCl. The van der Waals surface area contributed by atoms with Gasteiger partial charge in [0.2, 0.25) is 0 Å². The second-order valence-electron chi connectivity index (χ2n) is 1.65. The van der Waals surface area contributed by atoms with Gasteiger partial charge in [0.05, 0.1) is 5.88 Å².